The Balaban J connectivity index is 1.91. The summed E-state index contributed by atoms with van der Waals surface area (Å²) in [5, 5.41) is 11.4. The minimum absolute atomic E-state index is 0.205. The van der Waals surface area contributed by atoms with Crippen molar-refractivity contribution in [2.45, 2.75) is 25.4 Å². The van der Waals surface area contributed by atoms with E-state index in [-0.39, 0.29) is 12.0 Å². The summed E-state index contributed by atoms with van der Waals surface area (Å²) < 4.78 is 5.98. The number of carboxylic acids is 1. The zero-order valence-electron chi connectivity index (χ0n) is 10.6. The molecule has 1 aliphatic carbocycles. The van der Waals surface area contributed by atoms with Gasteiger partial charge in [0.25, 0.3) is 0 Å². The van der Waals surface area contributed by atoms with Crippen molar-refractivity contribution in [3.8, 4) is 5.75 Å². The Morgan fingerprint density at radius 2 is 1.89 bits per heavy atom. The van der Waals surface area contributed by atoms with Gasteiger partial charge in [0.1, 0.15) is 11.9 Å². The molecule has 0 radical (unpaired) electrons. The molecule has 0 amide bonds. The molecule has 0 aliphatic heterocycles. The number of carboxylic acid groups (broad SMARTS) is 1. The quantitative estimate of drug-likeness (QED) is 0.914. The molecule has 3 nitrogen and oxygen atoms in total. The third-order valence-corrected chi connectivity index (χ3v) is 3.80. The predicted molar refractivity (Wildman–Crippen MR) is 73.3 cm³/mol. The van der Waals surface area contributed by atoms with Gasteiger partial charge in [-0.05, 0) is 30.7 Å². The van der Waals surface area contributed by atoms with Crippen molar-refractivity contribution < 1.29 is 14.6 Å². The number of hydrogen-bond donors (Lipinski definition) is 1. The van der Waals surface area contributed by atoms with Crippen molar-refractivity contribution in [2.75, 3.05) is 0 Å². The second kappa shape index (κ2) is 4.92. The van der Waals surface area contributed by atoms with Gasteiger partial charge < -0.3 is 9.84 Å². The average Bonchev–Trinajstić information content (AvgIpc) is 2.87. The zero-order chi connectivity index (χ0) is 13.2. The standard InChI is InChI=1S/C16H16O3/c17-16(18)13-8-4-10-15(13)19-14-9-3-6-11-5-1-2-7-12(11)14/h1-3,5-7,9,13,15H,4,8,10H2,(H,17,18). The zero-order valence-corrected chi connectivity index (χ0v) is 10.6. The van der Waals surface area contributed by atoms with Crippen molar-refractivity contribution in [2.24, 2.45) is 5.92 Å². The van der Waals surface area contributed by atoms with Gasteiger partial charge in [0.15, 0.2) is 0 Å². The lowest BCUT2D eigenvalue weighted by atomic mass is 10.1. The van der Waals surface area contributed by atoms with E-state index in [1.54, 1.807) is 0 Å². The van der Waals surface area contributed by atoms with Crippen LogP contribution in [0.2, 0.25) is 0 Å². The van der Waals surface area contributed by atoms with Gasteiger partial charge >= 0.3 is 5.97 Å². The SMILES string of the molecule is O=C(O)C1CCCC1Oc1cccc2ccccc12. The van der Waals surface area contributed by atoms with Crippen LogP contribution < -0.4 is 4.74 Å². The molecule has 19 heavy (non-hydrogen) atoms. The van der Waals surface area contributed by atoms with E-state index >= 15 is 0 Å². The Morgan fingerprint density at radius 1 is 1.11 bits per heavy atom. The lowest BCUT2D eigenvalue weighted by molar-refractivity contribution is -0.143. The topological polar surface area (TPSA) is 46.5 Å². The minimum Gasteiger partial charge on any atom is -0.489 e. The first kappa shape index (κ1) is 12.0. The molecule has 1 saturated carbocycles. The van der Waals surface area contributed by atoms with Gasteiger partial charge in [-0.25, -0.2) is 0 Å². The first-order chi connectivity index (χ1) is 9.25. The van der Waals surface area contributed by atoms with E-state index in [9.17, 15) is 9.90 Å². The van der Waals surface area contributed by atoms with E-state index in [0.717, 1.165) is 29.4 Å². The van der Waals surface area contributed by atoms with E-state index in [1.807, 2.05) is 42.5 Å². The Hall–Kier alpha value is -2.03. The predicted octanol–water partition coefficient (Wildman–Crippen LogP) is 3.47. The van der Waals surface area contributed by atoms with E-state index in [1.165, 1.54) is 0 Å². The van der Waals surface area contributed by atoms with E-state index < -0.39 is 5.97 Å². The molecule has 2 unspecified atom stereocenters. The number of hydrogen-bond acceptors (Lipinski definition) is 2. The van der Waals surface area contributed by atoms with Gasteiger partial charge in [-0.3, -0.25) is 4.79 Å². The Labute approximate surface area is 111 Å². The van der Waals surface area contributed by atoms with Crippen molar-refractivity contribution in [3.05, 3.63) is 42.5 Å². The van der Waals surface area contributed by atoms with Crippen molar-refractivity contribution in [1.29, 1.82) is 0 Å². The molecule has 0 saturated heterocycles. The normalized spacial score (nSPS) is 22.5. The van der Waals surface area contributed by atoms with Gasteiger partial charge in [0, 0.05) is 5.39 Å². The fourth-order valence-electron chi connectivity index (χ4n) is 2.81. The van der Waals surface area contributed by atoms with Gasteiger partial charge in [0.05, 0.1) is 5.92 Å². The highest BCUT2D eigenvalue weighted by atomic mass is 16.5. The van der Waals surface area contributed by atoms with Crippen LogP contribution >= 0.6 is 0 Å². The summed E-state index contributed by atoms with van der Waals surface area (Å²) in [6.45, 7) is 0. The summed E-state index contributed by atoms with van der Waals surface area (Å²) in [5.41, 5.74) is 0. The number of rotatable bonds is 3. The molecule has 98 valence electrons. The molecule has 2 aromatic carbocycles. The third kappa shape index (κ3) is 2.28. The number of ether oxygens (including phenoxy) is 1. The summed E-state index contributed by atoms with van der Waals surface area (Å²) in [4.78, 5) is 11.2. The van der Waals surface area contributed by atoms with E-state index in [4.69, 9.17) is 4.74 Å². The van der Waals surface area contributed by atoms with E-state index in [0.29, 0.717) is 6.42 Å². The van der Waals surface area contributed by atoms with Crippen LogP contribution in [0.1, 0.15) is 19.3 Å². The molecule has 1 aliphatic rings. The van der Waals surface area contributed by atoms with Crippen LogP contribution in [-0.4, -0.2) is 17.2 Å². The lowest BCUT2D eigenvalue weighted by Gasteiger charge is -2.19. The summed E-state index contributed by atoms with van der Waals surface area (Å²) in [7, 11) is 0. The monoisotopic (exact) mass is 256 g/mol. The van der Waals surface area contributed by atoms with Gasteiger partial charge in [-0.1, -0.05) is 36.4 Å². The maximum Gasteiger partial charge on any atom is 0.310 e. The molecule has 1 fully saturated rings. The number of fused-ring (bicyclic) bond motifs is 1. The highest BCUT2D eigenvalue weighted by Crippen LogP contribution is 2.33. The molecule has 0 spiro atoms. The Morgan fingerprint density at radius 3 is 2.74 bits per heavy atom. The highest BCUT2D eigenvalue weighted by molar-refractivity contribution is 5.88. The van der Waals surface area contributed by atoms with Crippen LogP contribution in [0.15, 0.2) is 42.5 Å². The number of benzene rings is 2. The van der Waals surface area contributed by atoms with Crippen LogP contribution in [0.25, 0.3) is 10.8 Å². The van der Waals surface area contributed by atoms with Crippen molar-refractivity contribution in [3.63, 3.8) is 0 Å². The van der Waals surface area contributed by atoms with E-state index in [2.05, 4.69) is 0 Å². The minimum atomic E-state index is -0.747. The molecule has 1 N–H and O–H groups in total. The Kier molecular flexibility index (Phi) is 3.11. The van der Waals surface area contributed by atoms with Crippen molar-refractivity contribution >= 4 is 16.7 Å². The van der Waals surface area contributed by atoms with Gasteiger partial charge in [0.2, 0.25) is 0 Å². The molecule has 0 aromatic heterocycles. The summed E-state index contributed by atoms with van der Waals surface area (Å²) in [5.74, 6) is -0.335. The fourth-order valence-corrected chi connectivity index (χ4v) is 2.81. The largest absolute Gasteiger partial charge is 0.489 e. The molecule has 3 heteroatoms. The lowest BCUT2D eigenvalue weighted by Crippen LogP contribution is -2.27. The molecular weight excluding hydrogens is 240 g/mol. The number of carbonyl (C=O) groups is 1. The third-order valence-electron chi connectivity index (χ3n) is 3.80. The highest BCUT2D eigenvalue weighted by Gasteiger charge is 2.34. The summed E-state index contributed by atoms with van der Waals surface area (Å²) >= 11 is 0. The maximum atomic E-state index is 11.2. The second-order valence-corrected chi connectivity index (χ2v) is 5.01. The van der Waals surface area contributed by atoms with Crippen LogP contribution in [0.5, 0.6) is 5.75 Å². The number of aliphatic carboxylic acids is 1. The molecule has 0 heterocycles. The van der Waals surface area contributed by atoms with Crippen LogP contribution in [-0.2, 0) is 4.79 Å². The first-order valence-corrected chi connectivity index (χ1v) is 6.63. The van der Waals surface area contributed by atoms with Crippen LogP contribution in [0.4, 0.5) is 0 Å². The first-order valence-electron chi connectivity index (χ1n) is 6.63. The molecule has 3 rings (SSSR count). The Bertz CT molecular complexity index is 600. The van der Waals surface area contributed by atoms with Crippen molar-refractivity contribution in [1.82, 2.24) is 0 Å². The maximum absolute atomic E-state index is 11.2. The van der Waals surface area contributed by atoms with Crippen LogP contribution in [0, 0.1) is 5.92 Å². The smallest absolute Gasteiger partial charge is 0.310 e. The molecule has 2 atom stereocenters. The summed E-state index contributed by atoms with van der Waals surface area (Å²) in [6.07, 6.45) is 2.25. The summed E-state index contributed by atoms with van der Waals surface area (Å²) in [6, 6.07) is 13.9. The average molecular weight is 256 g/mol. The van der Waals surface area contributed by atoms with Gasteiger partial charge in [-0.15, -0.1) is 0 Å². The molecule has 2 aromatic rings. The molecule has 0 bridgehead atoms. The molecular formula is C16H16O3. The van der Waals surface area contributed by atoms with Gasteiger partial charge in [-0.2, -0.15) is 0 Å². The van der Waals surface area contributed by atoms with Crippen LogP contribution in [0.3, 0.4) is 0 Å². The fraction of sp³-hybridized carbons (Fsp3) is 0.312. The second-order valence-electron chi connectivity index (χ2n) is 5.01.